The molecule has 13 aromatic carbocycles. The maximum atomic E-state index is 6.69. The first-order valence-electron chi connectivity index (χ1n) is 28.6. The Morgan fingerprint density at radius 2 is 0.578 bits per heavy atom. The molecule has 17 rings (SSSR count). The summed E-state index contributed by atoms with van der Waals surface area (Å²) in [6.45, 7) is 0. The maximum Gasteiger partial charge on any atom is 0.132 e. The molecule has 0 saturated carbocycles. The fraction of sp³-hybridized carbons (Fsp3) is 0.0250. The third-order valence-corrected chi connectivity index (χ3v) is 18.0. The summed E-state index contributed by atoms with van der Waals surface area (Å²) in [4.78, 5) is 2.41. The molecule has 0 atom stereocenters. The number of rotatable bonds is 7. The van der Waals surface area contributed by atoms with Crippen molar-refractivity contribution in [2.24, 2.45) is 0 Å². The minimum atomic E-state index is -0.567. The van der Waals surface area contributed by atoms with Crippen molar-refractivity contribution in [3.63, 3.8) is 0 Å². The van der Waals surface area contributed by atoms with Gasteiger partial charge in [-0.05, 0) is 162 Å². The Balaban J connectivity index is 0.806. The first-order chi connectivity index (χ1) is 41.1. The molecule has 13 aromatic rings. The van der Waals surface area contributed by atoms with Gasteiger partial charge in [-0.1, -0.05) is 237 Å². The molecule has 4 aliphatic rings. The fourth-order valence-electron chi connectivity index (χ4n) is 14.6. The van der Waals surface area contributed by atoms with Crippen LogP contribution in [-0.4, -0.2) is 0 Å². The highest BCUT2D eigenvalue weighted by Gasteiger charge is 2.53. The highest BCUT2D eigenvalue weighted by atomic mass is 16.5. The van der Waals surface area contributed by atoms with Gasteiger partial charge in [-0.2, -0.15) is 0 Å². The molecule has 2 heterocycles. The van der Waals surface area contributed by atoms with Gasteiger partial charge in [0.15, 0.2) is 0 Å². The van der Waals surface area contributed by atoms with Crippen LogP contribution in [0.5, 0.6) is 23.0 Å². The van der Waals surface area contributed by atoms with Gasteiger partial charge in [-0.3, -0.25) is 0 Å². The van der Waals surface area contributed by atoms with Gasteiger partial charge >= 0.3 is 0 Å². The number of ether oxygens (including phenoxy) is 2. The van der Waals surface area contributed by atoms with Gasteiger partial charge < -0.3 is 14.4 Å². The molecule has 0 fully saturated rings. The molecule has 0 unspecified atom stereocenters. The molecule has 3 heteroatoms. The first-order valence-corrected chi connectivity index (χ1v) is 28.6. The molecule has 0 amide bonds. The van der Waals surface area contributed by atoms with E-state index < -0.39 is 10.8 Å². The van der Waals surface area contributed by atoms with Crippen LogP contribution in [0.25, 0.3) is 66.8 Å². The molecular weight excluding hydrogens is 1010 g/mol. The van der Waals surface area contributed by atoms with Crippen molar-refractivity contribution in [3.8, 4) is 89.8 Å². The summed E-state index contributed by atoms with van der Waals surface area (Å²) in [5, 5.41) is 0. The third-order valence-electron chi connectivity index (χ3n) is 18.0. The predicted molar refractivity (Wildman–Crippen MR) is 338 cm³/mol. The third kappa shape index (κ3) is 6.92. The quantitative estimate of drug-likeness (QED) is 0.159. The predicted octanol–water partition coefficient (Wildman–Crippen LogP) is 20.8. The Labute approximate surface area is 483 Å². The van der Waals surface area contributed by atoms with Crippen molar-refractivity contribution < 1.29 is 9.47 Å². The van der Waals surface area contributed by atoms with Crippen molar-refractivity contribution in [1.29, 1.82) is 0 Å². The van der Waals surface area contributed by atoms with Crippen LogP contribution in [0.15, 0.2) is 309 Å². The van der Waals surface area contributed by atoms with E-state index >= 15 is 0 Å². The topological polar surface area (TPSA) is 21.7 Å². The number of fused-ring (bicyclic) bond motifs is 18. The van der Waals surface area contributed by atoms with Crippen LogP contribution in [0.4, 0.5) is 17.1 Å². The summed E-state index contributed by atoms with van der Waals surface area (Å²) >= 11 is 0. The lowest BCUT2D eigenvalue weighted by atomic mass is 9.66. The van der Waals surface area contributed by atoms with Crippen LogP contribution in [-0.2, 0) is 10.8 Å². The molecule has 388 valence electrons. The molecule has 2 spiro atoms. The van der Waals surface area contributed by atoms with Gasteiger partial charge in [0.25, 0.3) is 0 Å². The van der Waals surface area contributed by atoms with Crippen molar-refractivity contribution in [1.82, 2.24) is 0 Å². The van der Waals surface area contributed by atoms with Gasteiger partial charge in [0.05, 0.1) is 10.8 Å². The summed E-state index contributed by atoms with van der Waals surface area (Å²) in [6, 6.07) is 113. The second-order valence-corrected chi connectivity index (χ2v) is 22.2. The second-order valence-electron chi connectivity index (χ2n) is 22.2. The lowest BCUT2D eigenvalue weighted by Gasteiger charge is -2.39. The summed E-state index contributed by atoms with van der Waals surface area (Å²) in [6.07, 6.45) is 0. The molecule has 0 saturated heterocycles. The van der Waals surface area contributed by atoms with E-state index in [1.165, 1.54) is 66.8 Å². The van der Waals surface area contributed by atoms with Crippen molar-refractivity contribution >= 4 is 17.1 Å². The smallest absolute Gasteiger partial charge is 0.132 e. The summed E-state index contributed by atoms with van der Waals surface area (Å²) in [5.74, 6) is 3.56. The zero-order valence-electron chi connectivity index (χ0n) is 45.2. The average Bonchev–Trinajstić information content (AvgIpc) is 1.80. The van der Waals surface area contributed by atoms with Crippen LogP contribution >= 0.6 is 0 Å². The van der Waals surface area contributed by atoms with Crippen molar-refractivity contribution in [2.45, 2.75) is 10.8 Å². The van der Waals surface area contributed by atoms with E-state index in [0.717, 1.165) is 84.6 Å². The molecule has 3 nitrogen and oxygen atoms in total. The Bertz CT molecular complexity index is 4660. The lowest BCUT2D eigenvalue weighted by Crippen LogP contribution is -2.32. The minimum Gasteiger partial charge on any atom is -0.457 e. The molecule has 0 aromatic heterocycles. The Morgan fingerprint density at radius 1 is 0.205 bits per heavy atom. The molecular formula is C80H51NO2. The highest BCUT2D eigenvalue weighted by molar-refractivity contribution is 5.97. The lowest BCUT2D eigenvalue weighted by molar-refractivity contribution is 0.436. The normalized spacial score (nSPS) is 13.7. The summed E-state index contributed by atoms with van der Waals surface area (Å²) in [5.41, 5.74) is 26.1. The maximum absolute atomic E-state index is 6.69. The zero-order chi connectivity index (χ0) is 54.6. The highest BCUT2D eigenvalue weighted by Crippen LogP contribution is 2.65. The second kappa shape index (κ2) is 18.4. The average molecular weight is 1060 g/mol. The van der Waals surface area contributed by atoms with Crippen molar-refractivity contribution in [2.75, 3.05) is 4.90 Å². The molecule has 2 aliphatic heterocycles. The minimum absolute atomic E-state index is 0.548. The van der Waals surface area contributed by atoms with Crippen LogP contribution in [0.3, 0.4) is 0 Å². The zero-order valence-corrected chi connectivity index (χ0v) is 45.2. The Morgan fingerprint density at radius 3 is 1.17 bits per heavy atom. The van der Waals surface area contributed by atoms with Crippen molar-refractivity contribution in [3.05, 3.63) is 354 Å². The van der Waals surface area contributed by atoms with Crippen LogP contribution in [0.1, 0.15) is 44.5 Å². The number of benzene rings is 13. The summed E-state index contributed by atoms with van der Waals surface area (Å²) in [7, 11) is 0. The molecule has 83 heavy (non-hydrogen) atoms. The van der Waals surface area contributed by atoms with E-state index in [2.05, 4.69) is 314 Å². The number of hydrogen-bond donors (Lipinski definition) is 0. The Kier molecular flexibility index (Phi) is 10.4. The molecule has 2 aliphatic carbocycles. The number of nitrogens with zero attached hydrogens (tertiary/aromatic N) is 1. The monoisotopic (exact) mass is 1060 g/mol. The molecule has 0 N–H and O–H groups in total. The van der Waals surface area contributed by atoms with E-state index in [4.69, 9.17) is 9.47 Å². The van der Waals surface area contributed by atoms with Gasteiger partial charge in [-0.25, -0.2) is 0 Å². The van der Waals surface area contributed by atoms with Crippen LogP contribution in [0.2, 0.25) is 0 Å². The molecule has 0 radical (unpaired) electrons. The van der Waals surface area contributed by atoms with E-state index in [-0.39, 0.29) is 0 Å². The first kappa shape index (κ1) is 47.1. The fourth-order valence-corrected chi connectivity index (χ4v) is 14.6. The standard InChI is InChI=1S/C80H51NO2/c1-2-19-52(20-3-1)55-21-16-22-56(49-55)53-39-44-59(45-40-53)81(60-46-41-54(42-47-60)62-27-18-34-72-78(62)65-26-5-7-29-67(65)79(72)68-30-8-12-35-74(68)82-75-36-13-9-31-69(75)79)61-24-17-23-57(50-61)58-43-48-64-63-25-4-6-28-66(63)80(73(64)51-58)70-32-10-14-37-76(70)83-77-38-15-11-33-71(77)80/h1-51H. The SMILES string of the molecule is c1ccc(-c2cccc(-c3ccc(N(c4ccc(-c5cccc6c5-c5ccccc5C65c6ccccc6Oc6ccccc65)cc4)c4cccc(-c5ccc6c(c5)C5(c7ccccc7Oc7ccccc75)c5ccccc5-6)c4)cc3)c2)cc1. The number of para-hydroxylation sites is 4. The van der Waals surface area contributed by atoms with E-state index in [1.807, 2.05) is 0 Å². The van der Waals surface area contributed by atoms with Gasteiger partial charge in [0.2, 0.25) is 0 Å². The number of hydrogen-bond acceptors (Lipinski definition) is 3. The van der Waals surface area contributed by atoms with E-state index in [0.29, 0.717) is 0 Å². The van der Waals surface area contributed by atoms with Crippen LogP contribution < -0.4 is 14.4 Å². The summed E-state index contributed by atoms with van der Waals surface area (Å²) < 4.78 is 13.4. The van der Waals surface area contributed by atoms with E-state index in [1.54, 1.807) is 0 Å². The van der Waals surface area contributed by atoms with Gasteiger partial charge in [0, 0.05) is 39.3 Å². The molecule has 0 bridgehead atoms. The van der Waals surface area contributed by atoms with Gasteiger partial charge in [0.1, 0.15) is 23.0 Å². The Hall–Kier alpha value is -10.7. The largest absolute Gasteiger partial charge is 0.457 e. The van der Waals surface area contributed by atoms with Gasteiger partial charge in [-0.15, -0.1) is 0 Å². The number of anilines is 3. The van der Waals surface area contributed by atoms with E-state index in [9.17, 15) is 0 Å². The van der Waals surface area contributed by atoms with Crippen LogP contribution in [0, 0.1) is 0 Å².